The third-order valence-electron chi connectivity index (χ3n) is 3.03. The quantitative estimate of drug-likeness (QED) is 0.508. The van der Waals surface area contributed by atoms with E-state index in [9.17, 15) is 4.79 Å². The van der Waals surface area contributed by atoms with Gasteiger partial charge in [0.2, 0.25) is 0 Å². The molecule has 110 valence electrons. The number of thiol groups is 1. The standard InChI is InChI=1S/C12H18N4O2S2/c1-3-4-18-12(17)16-6-10(19)5-9(16)7-20-11-14-13-8-15(11)2/h3,8-10,19H,1,4-7H2,2H3/t9-,10-/m0/s1. The van der Waals surface area contributed by atoms with E-state index in [4.69, 9.17) is 4.74 Å². The molecular formula is C12H18N4O2S2. The minimum atomic E-state index is -0.301. The molecule has 1 fully saturated rings. The Morgan fingerprint density at radius 2 is 2.55 bits per heavy atom. The summed E-state index contributed by atoms with van der Waals surface area (Å²) in [5.41, 5.74) is 0. The number of hydrogen-bond acceptors (Lipinski definition) is 6. The van der Waals surface area contributed by atoms with Crippen LogP contribution in [0.4, 0.5) is 4.79 Å². The van der Waals surface area contributed by atoms with Crippen molar-refractivity contribution in [1.82, 2.24) is 19.7 Å². The number of hydrogen-bond donors (Lipinski definition) is 1. The molecule has 0 radical (unpaired) electrons. The first-order chi connectivity index (χ1) is 9.61. The van der Waals surface area contributed by atoms with E-state index in [0.717, 1.165) is 17.3 Å². The fraction of sp³-hybridized carbons (Fsp3) is 0.583. The van der Waals surface area contributed by atoms with Crippen LogP contribution in [0, 0.1) is 0 Å². The Bertz CT molecular complexity index is 480. The Balaban J connectivity index is 1.92. The lowest BCUT2D eigenvalue weighted by Crippen LogP contribution is -2.37. The molecule has 6 nitrogen and oxygen atoms in total. The van der Waals surface area contributed by atoms with Crippen molar-refractivity contribution in [2.75, 3.05) is 18.9 Å². The summed E-state index contributed by atoms with van der Waals surface area (Å²) < 4.78 is 6.97. The van der Waals surface area contributed by atoms with E-state index in [1.807, 2.05) is 11.6 Å². The van der Waals surface area contributed by atoms with Gasteiger partial charge in [0.1, 0.15) is 12.9 Å². The zero-order chi connectivity index (χ0) is 14.5. The molecule has 1 aliphatic heterocycles. The summed E-state index contributed by atoms with van der Waals surface area (Å²) in [6, 6.07) is 0.108. The van der Waals surface area contributed by atoms with Crippen LogP contribution in [-0.2, 0) is 11.8 Å². The van der Waals surface area contributed by atoms with E-state index in [2.05, 4.69) is 29.4 Å². The van der Waals surface area contributed by atoms with Crippen molar-refractivity contribution >= 4 is 30.5 Å². The van der Waals surface area contributed by atoms with E-state index in [-0.39, 0.29) is 24.0 Å². The van der Waals surface area contributed by atoms with Crippen LogP contribution in [0.5, 0.6) is 0 Å². The molecule has 2 rings (SSSR count). The maximum absolute atomic E-state index is 12.0. The normalized spacial score (nSPS) is 22.0. The molecule has 2 atom stereocenters. The largest absolute Gasteiger partial charge is 0.445 e. The molecule has 0 saturated carbocycles. The number of thioether (sulfide) groups is 1. The van der Waals surface area contributed by atoms with Gasteiger partial charge in [-0.05, 0) is 6.42 Å². The molecule has 0 aromatic carbocycles. The van der Waals surface area contributed by atoms with E-state index in [1.165, 1.54) is 0 Å². The van der Waals surface area contributed by atoms with E-state index < -0.39 is 0 Å². The molecule has 0 N–H and O–H groups in total. The highest BCUT2D eigenvalue weighted by Crippen LogP contribution is 2.27. The minimum Gasteiger partial charge on any atom is -0.445 e. The smallest absolute Gasteiger partial charge is 0.410 e. The summed E-state index contributed by atoms with van der Waals surface area (Å²) >= 11 is 6.06. The number of aromatic nitrogens is 3. The highest BCUT2D eigenvalue weighted by Gasteiger charge is 2.34. The zero-order valence-electron chi connectivity index (χ0n) is 11.3. The number of nitrogens with zero attached hydrogens (tertiary/aromatic N) is 4. The van der Waals surface area contributed by atoms with Crippen molar-refractivity contribution < 1.29 is 9.53 Å². The average Bonchev–Trinajstić information content (AvgIpc) is 2.99. The first-order valence-electron chi connectivity index (χ1n) is 6.31. The fourth-order valence-corrected chi connectivity index (χ4v) is 3.49. The highest BCUT2D eigenvalue weighted by molar-refractivity contribution is 7.99. The molecule has 0 unspecified atom stereocenters. The molecular weight excluding hydrogens is 296 g/mol. The van der Waals surface area contributed by atoms with Gasteiger partial charge in [-0.2, -0.15) is 12.6 Å². The second-order valence-corrected chi connectivity index (χ2v) is 6.31. The number of aryl methyl sites for hydroxylation is 1. The van der Waals surface area contributed by atoms with Crippen molar-refractivity contribution in [2.24, 2.45) is 7.05 Å². The van der Waals surface area contributed by atoms with Crippen LogP contribution in [0.3, 0.4) is 0 Å². The van der Waals surface area contributed by atoms with Crippen LogP contribution < -0.4 is 0 Å². The highest BCUT2D eigenvalue weighted by atomic mass is 32.2. The van der Waals surface area contributed by atoms with Gasteiger partial charge in [-0.3, -0.25) is 0 Å². The maximum atomic E-state index is 12.0. The van der Waals surface area contributed by atoms with Crippen molar-refractivity contribution in [3.05, 3.63) is 19.0 Å². The Labute approximate surface area is 128 Å². The van der Waals surface area contributed by atoms with Gasteiger partial charge in [-0.15, -0.1) is 10.2 Å². The van der Waals surface area contributed by atoms with Crippen LogP contribution in [0.2, 0.25) is 0 Å². The Morgan fingerprint density at radius 3 is 3.20 bits per heavy atom. The van der Waals surface area contributed by atoms with Gasteiger partial charge in [-0.25, -0.2) is 4.79 Å². The monoisotopic (exact) mass is 314 g/mol. The molecule has 1 aromatic heterocycles. The average molecular weight is 314 g/mol. The van der Waals surface area contributed by atoms with Crippen LogP contribution in [0.1, 0.15) is 6.42 Å². The maximum Gasteiger partial charge on any atom is 0.410 e. The van der Waals surface area contributed by atoms with Crippen LogP contribution in [0.25, 0.3) is 0 Å². The molecule has 1 amide bonds. The summed E-state index contributed by atoms with van der Waals surface area (Å²) in [5, 5.41) is 8.89. The van der Waals surface area contributed by atoms with E-state index in [1.54, 1.807) is 29.1 Å². The fourth-order valence-electron chi connectivity index (χ4n) is 2.06. The first kappa shape index (κ1) is 15.2. The van der Waals surface area contributed by atoms with Gasteiger partial charge in [0.05, 0.1) is 0 Å². The number of carbonyl (C=O) groups excluding carboxylic acids is 1. The van der Waals surface area contributed by atoms with Gasteiger partial charge in [0.15, 0.2) is 5.16 Å². The van der Waals surface area contributed by atoms with E-state index >= 15 is 0 Å². The molecule has 0 aliphatic carbocycles. The Kier molecular flexibility index (Phi) is 5.36. The Morgan fingerprint density at radius 1 is 1.75 bits per heavy atom. The van der Waals surface area contributed by atoms with Gasteiger partial charge in [0.25, 0.3) is 0 Å². The van der Waals surface area contributed by atoms with Gasteiger partial charge < -0.3 is 14.2 Å². The lowest BCUT2D eigenvalue weighted by Gasteiger charge is -2.23. The molecule has 1 aromatic rings. The third kappa shape index (κ3) is 3.69. The lowest BCUT2D eigenvalue weighted by molar-refractivity contribution is 0.111. The van der Waals surface area contributed by atoms with Gasteiger partial charge in [0, 0.05) is 30.6 Å². The number of ether oxygens (including phenoxy) is 1. The predicted octanol–water partition coefficient (Wildman–Crippen LogP) is 1.60. The second-order valence-electron chi connectivity index (χ2n) is 4.60. The number of amides is 1. The van der Waals surface area contributed by atoms with Crippen molar-refractivity contribution in [3.63, 3.8) is 0 Å². The van der Waals surface area contributed by atoms with Crippen molar-refractivity contribution in [2.45, 2.75) is 22.9 Å². The summed E-state index contributed by atoms with van der Waals surface area (Å²) in [7, 11) is 1.90. The summed E-state index contributed by atoms with van der Waals surface area (Å²) in [4.78, 5) is 13.7. The van der Waals surface area contributed by atoms with Crippen molar-refractivity contribution in [1.29, 1.82) is 0 Å². The summed E-state index contributed by atoms with van der Waals surface area (Å²) in [5.74, 6) is 0.757. The lowest BCUT2D eigenvalue weighted by atomic mass is 10.2. The van der Waals surface area contributed by atoms with Crippen molar-refractivity contribution in [3.8, 4) is 0 Å². The van der Waals surface area contributed by atoms with Crippen LogP contribution in [-0.4, -0.2) is 56.0 Å². The molecule has 0 bridgehead atoms. The van der Waals surface area contributed by atoms with Crippen LogP contribution >= 0.6 is 24.4 Å². The summed E-state index contributed by atoms with van der Waals surface area (Å²) in [6.45, 7) is 4.39. The second kappa shape index (κ2) is 7.03. The number of likely N-dealkylation sites (tertiary alicyclic amines) is 1. The third-order valence-corrected chi connectivity index (χ3v) is 4.58. The topological polar surface area (TPSA) is 60.2 Å². The predicted molar refractivity (Wildman–Crippen MR) is 81.2 cm³/mol. The molecule has 1 saturated heterocycles. The molecule has 20 heavy (non-hydrogen) atoms. The molecule has 2 heterocycles. The minimum absolute atomic E-state index is 0.108. The number of rotatable bonds is 5. The molecule has 1 aliphatic rings. The molecule has 8 heteroatoms. The SMILES string of the molecule is C=CCOC(=O)N1C[C@@H](S)C[C@H]1CSc1nncn1C. The number of carbonyl (C=O) groups is 1. The first-order valence-corrected chi connectivity index (χ1v) is 7.81. The van der Waals surface area contributed by atoms with E-state index in [0.29, 0.717) is 6.54 Å². The van der Waals surface area contributed by atoms with Gasteiger partial charge >= 0.3 is 6.09 Å². The van der Waals surface area contributed by atoms with Crippen LogP contribution in [0.15, 0.2) is 24.1 Å². The summed E-state index contributed by atoms with van der Waals surface area (Å²) in [6.07, 6.45) is 3.78. The molecule has 0 spiro atoms. The van der Waals surface area contributed by atoms with Gasteiger partial charge in [-0.1, -0.05) is 24.4 Å². The zero-order valence-corrected chi connectivity index (χ0v) is 13.0. The Hall–Kier alpha value is -1.15.